The zero-order valence-electron chi connectivity index (χ0n) is 23.0. The molecule has 0 bridgehead atoms. The number of carbonyl (C=O) groups is 1. The Labute approximate surface area is 239 Å². The molecule has 2 aromatic carbocycles. The molecule has 3 N–H and O–H groups in total. The minimum absolute atomic E-state index is 0.128. The van der Waals surface area contributed by atoms with Crippen LogP contribution < -0.4 is 25.4 Å². The van der Waals surface area contributed by atoms with Crippen molar-refractivity contribution in [3.8, 4) is 11.5 Å². The van der Waals surface area contributed by atoms with Gasteiger partial charge in [0.1, 0.15) is 23.1 Å². The molecule has 13 heteroatoms. The van der Waals surface area contributed by atoms with Gasteiger partial charge in [0, 0.05) is 12.6 Å². The summed E-state index contributed by atoms with van der Waals surface area (Å²) in [6.45, 7) is 7.77. The average Bonchev–Trinajstić information content (AvgIpc) is 2.91. The van der Waals surface area contributed by atoms with E-state index in [-0.39, 0.29) is 21.7 Å². The number of halogens is 1. The molecule has 3 aromatic rings. The van der Waals surface area contributed by atoms with Crippen LogP contribution in [-0.4, -0.2) is 68.8 Å². The van der Waals surface area contributed by atoms with Gasteiger partial charge in [0.15, 0.2) is 15.7 Å². The molecule has 11 nitrogen and oxygen atoms in total. The highest BCUT2D eigenvalue weighted by Gasteiger charge is 2.23. The van der Waals surface area contributed by atoms with Gasteiger partial charge >= 0.3 is 0 Å². The maximum Gasteiger partial charge on any atom is 0.247 e. The summed E-state index contributed by atoms with van der Waals surface area (Å²) in [4.78, 5) is 22.9. The lowest BCUT2D eigenvalue weighted by Gasteiger charge is -2.18. The predicted molar refractivity (Wildman–Crippen MR) is 158 cm³/mol. The molecule has 3 rings (SSSR count). The summed E-state index contributed by atoms with van der Waals surface area (Å²) in [6.07, 6.45) is 2.53. The smallest absolute Gasteiger partial charge is 0.247 e. The number of hydrogen-bond donors (Lipinski definition) is 3. The van der Waals surface area contributed by atoms with E-state index in [1.807, 2.05) is 19.0 Å². The van der Waals surface area contributed by atoms with Crippen LogP contribution in [0.15, 0.2) is 60.1 Å². The summed E-state index contributed by atoms with van der Waals surface area (Å²) >= 11 is 6.36. The maximum absolute atomic E-state index is 12.9. The van der Waals surface area contributed by atoms with Crippen molar-refractivity contribution >= 4 is 56.2 Å². The lowest BCUT2D eigenvalue weighted by Crippen LogP contribution is -2.20. The topological polar surface area (TPSA) is 135 Å². The Hall–Kier alpha value is -3.87. The number of methoxy groups -OCH3 is 1. The van der Waals surface area contributed by atoms with Gasteiger partial charge < -0.3 is 30.3 Å². The van der Waals surface area contributed by atoms with Crippen LogP contribution in [0.1, 0.15) is 13.8 Å². The first-order valence-corrected chi connectivity index (χ1v) is 14.2. The van der Waals surface area contributed by atoms with E-state index in [0.717, 1.165) is 6.08 Å². The van der Waals surface area contributed by atoms with E-state index >= 15 is 0 Å². The number of nitrogens with zero attached hydrogens (tertiary/aromatic N) is 3. The monoisotopic (exact) mass is 588 g/mol. The predicted octanol–water partition coefficient (Wildman–Crippen LogP) is 4.87. The molecule has 0 aliphatic heterocycles. The largest absolute Gasteiger partial charge is 0.494 e. The number of nitrogens with one attached hydrogen (secondary N) is 3. The molecule has 0 unspecified atom stereocenters. The number of carbonyl (C=O) groups excluding carboxylic acids is 1. The Balaban J connectivity index is 1.97. The first-order valence-electron chi connectivity index (χ1n) is 12.3. The molecule has 0 spiro atoms. The Morgan fingerprint density at radius 1 is 1.12 bits per heavy atom. The Kier molecular flexibility index (Phi) is 10.3. The third-order valence-electron chi connectivity index (χ3n) is 5.60. The van der Waals surface area contributed by atoms with E-state index in [4.69, 9.17) is 21.1 Å². The van der Waals surface area contributed by atoms with Crippen LogP contribution in [0.2, 0.25) is 5.02 Å². The number of aromatic nitrogens is 2. The molecule has 1 heterocycles. The molecule has 214 valence electrons. The van der Waals surface area contributed by atoms with E-state index < -0.39 is 21.0 Å². The summed E-state index contributed by atoms with van der Waals surface area (Å²) in [5, 5.41) is 8.38. The molecule has 0 radical (unpaired) electrons. The standard InChI is InChI=1S/C27H33ClN6O5S/c1-7-25(35)30-21-14-20(22(38-6)15-23(21)39-13-12-34(4)5)32-27-29-16-18(28)26(33-27)31-19-10-8-9-11-24(19)40(36,37)17(2)3/h7-11,14-17H,1,12-13H2,2-6H3,(H,30,35)(H2,29,31,32,33). The van der Waals surface area contributed by atoms with E-state index in [2.05, 4.69) is 32.5 Å². The van der Waals surface area contributed by atoms with Crippen LogP contribution >= 0.6 is 11.6 Å². The SMILES string of the molecule is C=CC(=O)Nc1cc(Nc2ncc(Cl)c(Nc3ccccc3S(=O)(=O)C(C)C)n2)c(OC)cc1OCCN(C)C. The second kappa shape index (κ2) is 13.5. The number of hydrogen-bond acceptors (Lipinski definition) is 10. The van der Waals surface area contributed by atoms with Gasteiger partial charge in [-0.3, -0.25) is 4.79 Å². The number of benzene rings is 2. The molecule has 1 aromatic heterocycles. The van der Waals surface area contributed by atoms with Gasteiger partial charge in [0.2, 0.25) is 11.9 Å². The van der Waals surface area contributed by atoms with E-state index in [9.17, 15) is 13.2 Å². The van der Waals surface area contributed by atoms with Crippen LogP contribution in [0.25, 0.3) is 0 Å². The lowest BCUT2D eigenvalue weighted by atomic mass is 10.2. The molecule has 0 aliphatic carbocycles. The fraction of sp³-hybridized carbons (Fsp3) is 0.296. The second-order valence-electron chi connectivity index (χ2n) is 9.12. The van der Waals surface area contributed by atoms with Gasteiger partial charge in [-0.2, -0.15) is 4.98 Å². The number of rotatable bonds is 13. The van der Waals surface area contributed by atoms with Gasteiger partial charge in [0.05, 0.1) is 40.5 Å². The van der Waals surface area contributed by atoms with Crippen LogP contribution in [-0.2, 0) is 14.6 Å². The zero-order chi connectivity index (χ0) is 29.4. The molecule has 40 heavy (non-hydrogen) atoms. The van der Waals surface area contributed by atoms with Gasteiger partial charge in [-0.15, -0.1) is 0 Å². The Bertz CT molecular complexity index is 1480. The van der Waals surface area contributed by atoms with Crippen LogP contribution in [0.5, 0.6) is 11.5 Å². The molecule has 0 saturated carbocycles. The van der Waals surface area contributed by atoms with Crippen molar-refractivity contribution in [3.05, 3.63) is 60.3 Å². The van der Waals surface area contributed by atoms with Crippen molar-refractivity contribution in [3.63, 3.8) is 0 Å². The molecule has 0 atom stereocenters. The minimum Gasteiger partial charge on any atom is -0.494 e. The van der Waals surface area contributed by atoms with Crippen molar-refractivity contribution in [2.24, 2.45) is 0 Å². The van der Waals surface area contributed by atoms with Crippen molar-refractivity contribution in [1.82, 2.24) is 14.9 Å². The molecule has 0 saturated heterocycles. The van der Waals surface area contributed by atoms with E-state index in [1.165, 1.54) is 19.4 Å². The maximum atomic E-state index is 12.9. The van der Waals surface area contributed by atoms with Crippen molar-refractivity contribution in [1.29, 1.82) is 0 Å². The summed E-state index contributed by atoms with van der Waals surface area (Å²) in [7, 11) is 1.77. The highest BCUT2D eigenvalue weighted by molar-refractivity contribution is 7.92. The highest BCUT2D eigenvalue weighted by atomic mass is 35.5. The normalized spacial score (nSPS) is 11.3. The molecule has 0 aliphatic rings. The first-order chi connectivity index (χ1) is 19.0. The summed E-state index contributed by atoms with van der Waals surface area (Å²) in [6, 6.07) is 9.78. The number of amides is 1. The summed E-state index contributed by atoms with van der Waals surface area (Å²) in [5.41, 5.74) is 1.14. The second-order valence-corrected chi connectivity index (χ2v) is 12.0. The van der Waals surface area contributed by atoms with Crippen molar-refractivity contribution in [2.75, 3.05) is 50.3 Å². The first kappa shape index (κ1) is 30.7. The number of anilines is 5. The molecule has 0 fully saturated rings. The fourth-order valence-corrected chi connectivity index (χ4v) is 4.74. The zero-order valence-corrected chi connectivity index (χ0v) is 24.6. The third-order valence-corrected chi connectivity index (χ3v) is 8.09. The van der Waals surface area contributed by atoms with Gasteiger partial charge in [-0.05, 0) is 52.2 Å². The van der Waals surface area contributed by atoms with Crippen molar-refractivity contribution < 1.29 is 22.7 Å². The van der Waals surface area contributed by atoms with Gasteiger partial charge in [-0.25, -0.2) is 13.4 Å². The molecular formula is C27H33ClN6O5S. The number of sulfone groups is 1. The summed E-state index contributed by atoms with van der Waals surface area (Å²) in [5.74, 6) is 0.711. The quantitative estimate of drug-likeness (QED) is 0.237. The lowest BCUT2D eigenvalue weighted by molar-refractivity contribution is -0.111. The summed E-state index contributed by atoms with van der Waals surface area (Å²) < 4.78 is 37.2. The van der Waals surface area contributed by atoms with Crippen LogP contribution in [0.3, 0.4) is 0 Å². The van der Waals surface area contributed by atoms with Gasteiger partial charge in [0.25, 0.3) is 0 Å². The van der Waals surface area contributed by atoms with Crippen LogP contribution in [0.4, 0.5) is 28.8 Å². The Morgan fingerprint density at radius 3 is 2.50 bits per heavy atom. The van der Waals surface area contributed by atoms with E-state index in [0.29, 0.717) is 41.7 Å². The van der Waals surface area contributed by atoms with Gasteiger partial charge in [-0.1, -0.05) is 30.3 Å². The highest BCUT2D eigenvalue weighted by Crippen LogP contribution is 2.38. The number of likely N-dealkylation sites (N-methyl/N-ethyl adjacent to an activating group) is 1. The molecular weight excluding hydrogens is 556 g/mol. The molecule has 1 amide bonds. The third kappa shape index (κ3) is 7.62. The van der Waals surface area contributed by atoms with Crippen LogP contribution in [0, 0.1) is 0 Å². The fourth-order valence-electron chi connectivity index (χ4n) is 3.40. The number of ether oxygens (including phenoxy) is 2. The van der Waals surface area contributed by atoms with E-state index in [1.54, 1.807) is 44.2 Å². The average molecular weight is 589 g/mol. The number of para-hydroxylation sites is 1. The minimum atomic E-state index is -3.58. The Morgan fingerprint density at radius 2 is 1.85 bits per heavy atom. The van der Waals surface area contributed by atoms with Crippen molar-refractivity contribution in [2.45, 2.75) is 24.0 Å².